The second-order valence-electron chi connectivity index (χ2n) is 4.95. The Balaban J connectivity index is 2.31. The van der Waals surface area contributed by atoms with Crippen LogP contribution in [-0.2, 0) is 12.0 Å². The summed E-state index contributed by atoms with van der Waals surface area (Å²) < 4.78 is 0. The van der Waals surface area contributed by atoms with Crippen molar-refractivity contribution in [2.24, 2.45) is 0 Å². The SMILES string of the molecule is CCc1cccc(C2(NC)CCCCC2)c1. The summed E-state index contributed by atoms with van der Waals surface area (Å²) in [5.74, 6) is 0. The Morgan fingerprint density at radius 3 is 2.56 bits per heavy atom. The minimum Gasteiger partial charge on any atom is -0.310 e. The van der Waals surface area contributed by atoms with Crippen molar-refractivity contribution in [3.8, 4) is 0 Å². The maximum atomic E-state index is 3.59. The lowest BCUT2D eigenvalue weighted by molar-refractivity contribution is 0.250. The average Bonchev–Trinajstić information content (AvgIpc) is 2.39. The third-order valence-corrected chi connectivity index (χ3v) is 4.07. The van der Waals surface area contributed by atoms with Crippen LogP contribution in [0.4, 0.5) is 0 Å². The number of rotatable bonds is 3. The molecule has 1 aromatic carbocycles. The van der Waals surface area contributed by atoms with Crippen molar-refractivity contribution in [3.63, 3.8) is 0 Å². The minimum atomic E-state index is 0.253. The van der Waals surface area contributed by atoms with Gasteiger partial charge in [-0.05, 0) is 37.4 Å². The van der Waals surface area contributed by atoms with Gasteiger partial charge < -0.3 is 5.32 Å². The summed E-state index contributed by atoms with van der Waals surface area (Å²) in [5, 5.41) is 3.59. The fourth-order valence-electron chi connectivity index (χ4n) is 2.93. The molecule has 0 unspecified atom stereocenters. The maximum absolute atomic E-state index is 3.59. The van der Waals surface area contributed by atoms with Crippen LogP contribution in [-0.4, -0.2) is 7.05 Å². The van der Waals surface area contributed by atoms with Crippen LogP contribution >= 0.6 is 0 Å². The van der Waals surface area contributed by atoms with Crippen molar-refractivity contribution in [3.05, 3.63) is 35.4 Å². The third-order valence-electron chi connectivity index (χ3n) is 4.07. The van der Waals surface area contributed by atoms with Gasteiger partial charge in [0.25, 0.3) is 0 Å². The molecule has 0 aromatic heterocycles. The smallest absolute Gasteiger partial charge is 0.0432 e. The first-order valence-corrected chi connectivity index (χ1v) is 6.59. The summed E-state index contributed by atoms with van der Waals surface area (Å²) >= 11 is 0. The van der Waals surface area contributed by atoms with Crippen molar-refractivity contribution < 1.29 is 0 Å². The van der Waals surface area contributed by atoms with E-state index in [2.05, 4.69) is 43.6 Å². The molecule has 2 rings (SSSR count). The molecule has 1 heteroatoms. The number of nitrogens with one attached hydrogen (secondary N) is 1. The molecule has 1 N–H and O–H groups in total. The minimum absolute atomic E-state index is 0.253. The second kappa shape index (κ2) is 5.01. The zero-order valence-corrected chi connectivity index (χ0v) is 10.6. The van der Waals surface area contributed by atoms with Crippen LogP contribution in [0.3, 0.4) is 0 Å². The molecule has 16 heavy (non-hydrogen) atoms. The third kappa shape index (κ3) is 2.15. The Hall–Kier alpha value is -0.820. The highest BCUT2D eigenvalue weighted by Crippen LogP contribution is 2.36. The van der Waals surface area contributed by atoms with E-state index in [1.807, 2.05) is 0 Å². The van der Waals surface area contributed by atoms with Crippen molar-refractivity contribution in [1.29, 1.82) is 0 Å². The van der Waals surface area contributed by atoms with Gasteiger partial charge in [-0.25, -0.2) is 0 Å². The van der Waals surface area contributed by atoms with E-state index in [4.69, 9.17) is 0 Å². The molecule has 1 nitrogen and oxygen atoms in total. The van der Waals surface area contributed by atoms with Gasteiger partial charge >= 0.3 is 0 Å². The van der Waals surface area contributed by atoms with Gasteiger partial charge in [0.1, 0.15) is 0 Å². The van der Waals surface area contributed by atoms with E-state index in [1.54, 1.807) is 0 Å². The number of benzene rings is 1. The molecular weight excluding hydrogens is 194 g/mol. The molecule has 1 saturated carbocycles. The lowest BCUT2D eigenvalue weighted by atomic mass is 9.76. The monoisotopic (exact) mass is 217 g/mol. The summed E-state index contributed by atoms with van der Waals surface area (Å²) in [6.45, 7) is 2.23. The fraction of sp³-hybridized carbons (Fsp3) is 0.600. The Labute approximate surface area is 99.3 Å². The summed E-state index contributed by atoms with van der Waals surface area (Å²) in [6.07, 6.45) is 7.83. The van der Waals surface area contributed by atoms with Gasteiger partial charge in [-0.3, -0.25) is 0 Å². The predicted molar refractivity (Wildman–Crippen MR) is 69.6 cm³/mol. The van der Waals surface area contributed by atoms with Crippen molar-refractivity contribution in [2.75, 3.05) is 7.05 Å². The highest BCUT2D eigenvalue weighted by atomic mass is 14.9. The van der Waals surface area contributed by atoms with Crippen LogP contribution in [0, 0.1) is 0 Å². The van der Waals surface area contributed by atoms with Gasteiger partial charge in [0, 0.05) is 5.54 Å². The zero-order valence-electron chi connectivity index (χ0n) is 10.6. The molecule has 1 aliphatic carbocycles. The van der Waals surface area contributed by atoms with E-state index in [-0.39, 0.29) is 5.54 Å². The predicted octanol–water partition coefficient (Wildman–Crippen LogP) is 3.63. The molecule has 0 radical (unpaired) electrons. The Kier molecular flexibility index (Phi) is 3.65. The first-order chi connectivity index (χ1) is 7.80. The maximum Gasteiger partial charge on any atom is 0.0432 e. The summed E-state index contributed by atoms with van der Waals surface area (Å²) in [6, 6.07) is 9.13. The number of hydrogen-bond acceptors (Lipinski definition) is 1. The normalized spacial score (nSPS) is 19.6. The summed E-state index contributed by atoms with van der Waals surface area (Å²) in [7, 11) is 2.12. The van der Waals surface area contributed by atoms with Gasteiger partial charge in [-0.2, -0.15) is 0 Å². The fourth-order valence-corrected chi connectivity index (χ4v) is 2.93. The van der Waals surface area contributed by atoms with E-state index >= 15 is 0 Å². The molecule has 0 amide bonds. The van der Waals surface area contributed by atoms with Gasteiger partial charge in [-0.1, -0.05) is 50.5 Å². The molecule has 1 aliphatic rings. The average molecular weight is 217 g/mol. The highest BCUT2D eigenvalue weighted by molar-refractivity contribution is 5.30. The quantitative estimate of drug-likeness (QED) is 0.815. The topological polar surface area (TPSA) is 12.0 Å². The van der Waals surface area contributed by atoms with Gasteiger partial charge in [0.15, 0.2) is 0 Å². The molecule has 1 aromatic rings. The first kappa shape index (κ1) is 11.7. The zero-order chi connectivity index (χ0) is 11.4. The lowest BCUT2D eigenvalue weighted by Gasteiger charge is -2.38. The number of aryl methyl sites for hydroxylation is 1. The molecular formula is C15H23N. The van der Waals surface area contributed by atoms with Crippen molar-refractivity contribution in [1.82, 2.24) is 5.32 Å². The molecule has 0 bridgehead atoms. The van der Waals surface area contributed by atoms with E-state index in [9.17, 15) is 0 Å². The van der Waals surface area contributed by atoms with Crippen LogP contribution < -0.4 is 5.32 Å². The largest absolute Gasteiger partial charge is 0.310 e. The number of hydrogen-bond donors (Lipinski definition) is 1. The van der Waals surface area contributed by atoms with Crippen molar-refractivity contribution in [2.45, 2.75) is 51.0 Å². The molecule has 1 fully saturated rings. The molecule has 0 atom stereocenters. The van der Waals surface area contributed by atoms with Gasteiger partial charge in [0.05, 0.1) is 0 Å². The lowest BCUT2D eigenvalue weighted by Crippen LogP contribution is -2.41. The van der Waals surface area contributed by atoms with E-state index < -0.39 is 0 Å². The standard InChI is InChI=1S/C15H23N/c1-3-13-8-7-9-14(12-13)15(16-2)10-5-4-6-11-15/h7-9,12,16H,3-6,10-11H2,1-2H3. The van der Waals surface area contributed by atoms with E-state index in [0.717, 1.165) is 6.42 Å². The highest BCUT2D eigenvalue weighted by Gasteiger charge is 2.31. The molecule has 0 saturated heterocycles. The Morgan fingerprint density at radius 1 is 1.19 bits per heavy atom. The van der Waals surface area contributed by atoms with Crippen LogP contribution in [0.25, 0.3) is 0 Å². The van der Waals surface area contributed by atoms with Crippen LogP contribution in [0.1, 0.15) is 50.2 Å². The molecule has 0 heterocycles. The summed E-state index contributed by atoms with van der Waals surface area (Å²) in [5.41, 5.74) is 3.20. The van der Waals surface area contributed by atoms with Crippen LogP contribution in [0.15, 0.2) is 24.3 Å². The van der Waals surface area contributed by atoms with E-state index in [0.29, 0.717) is 0 Å². The van der Waals surface area contributed by atoms with Crippen LogP contribution in [0.5, 0.6) is 0 Å². The van der Waals surface area contributed by atoms with E-state index in [1.165, 1.54) is 43.2 Å². The van der Waals surface area contributed by atoms with Crippen LogP contribution in [0.2, 0.25) is 0 Å². The Morgan fingerprint density at radius 2 is 1.94 bits per heavy atom. The second-order valence-corrected chi connectivity index (χ2v) is 4.95. The molecule has 0 spiro atoms. The Bertz CT molecular complexity index is 337. The molecule has 88 valence electrons. The van der Waals surface area contributed by atoms with Gasteiger partial charge in [0.2, 0.25) is 0 Å². The summed E-state index contributed by atoms with van der Waals surface area (Å²) in [4.78, 5) is 0. The molecule has 0 aliphatic heterocycles. The van der Waals surface area contributed by atoms with Gasteiger partial charge in [-0.15, -0.1) is 0 Å². The van der Waals surface area contributed by atoms with Crippen molar-refractivity contribution >= 4 is 0 Å². The first-order valence-electron chi connectivity index (χ1n) is 6.59.